The van der Waals surface area contributed by atoms with Crippen LogP contribution in [0.3, 0.4) is 0 Å². The van der Waals surface area contributed by atoms with Crippen molar-refractivity contribution in [1.29, 1.82) is 0 Å². The smallest absolute Gasteiger partial charge is 0.160 e. The number of hydrogen-bond acceptors (Lipinski definition) is 4. The summed E-state index contributed by atoms with van der Waals surface area (Å²) < 4.78 is 10.7. The fourth-order valence-corrected chi connectivity index (χ4v) is 3.08. The largest absolute Gasteiger partial charge is 0.493 e. The van der Waals surface area contributed by atoms with Gasteiger partial charge in [-0.25, -0.2) is 0 Å². The van der Waals surface area contributed by atoms with Gasteiger partial charge in [-0.2, -0.15) is 0 Å². The predicted octanol–water partition coefficient (Wildman–Crippen LogP) is 6.50. The van der Waals surface area contributed by atoms with Gasteiger partial charge in [0.25, 0.3) is 0 Å². The Balaban J connectivity index is 1.78. The first-order chi connectivity index (χ1) is 12.6. The van der Waals surface area contributed by atoms with E-state index in [0.717, 1.165) is 22.7 Å². The zero-order chi connectivity index (χ0) is 18.5. The van der Waals surface area contributed by atoms with Gasteiger partial charge in [-0.05, 0) is 48.5 Å². The van der Waals surface area contributed by atoms with Gasteiger partial charge >= 0.3 is 0 Å². The fraction of sp³-hybridized carbons (Fsp3) is 0.100. The Morgan fingerprint density at radius 2 is 1.00 bits per heavy atom. The lowest BCUT2D eigenvalue weighted by Gasteiger charge is -2.14. The van der Waals surface area contributed by atoms with Gasteiger partial charge in [0.05, 0.1) is 35.6 Å². The highest BCUT2D eigenvalue weighted by Crippen LogP contribution is 2.36. The Bertz CT molecular complexity index is 824. The van der Waals surface area contributed by atoms with Crippen LogP contribution in [0.25, 0.3) is 0 Å². The molecule has 0 unspecified atom stereocenters. The van der Waals surface area contributed by atoms with Crippen molar-refractivity contribution < 1.29 is 9.47 Å². The first kappa shape index (κ1) is 18.2. The van der Waals surface area contributed by atoms with Crippen LogP contribution in [0.4, 0.5) is 22.7 Å². The summed E-state index contributed by atoms with van der Waals surface area (Å²) in [6.07, 6.45) is 0. The van der Waals surface area contributed by atoms with Crippen molar-refractivity contribution in [1.82, 2.24) is 0 Å². The SMILES string of the molecule is COc1c(Cl)cccc1Nc1ccc(Nc2cccc(Cl)c2OC)cc1. The van der Waals surface area contributed by atoms with E-state index in [9.17, 15) is 0 Å². The minimum Gasteiger partial charge on any atom is -0.493 e. The lowest BCUT2D eigenvalue weighted by Crippen LogP contribution is -1.97. The van der Waals surface area contributed by atoms with E-state index in [1.165, 1.54) is 0 Å². The normalized spacial score (nSPS) is 10.3. The van der Waals surface area contributed by atoms with Crippen LogP contribution in [0.15, 0.2) is 60.7 Å². The number of nitrogens with one attached hydrogen (secondary N) is 2. The van der Waals surface area contributed by atoms with Gasteiger partial charge < -0.3 is 20.1 Å². The van der Waals surface area contributed by atoms with Crippen LogP contribution in [0.5, 0.6) is 11.5 Å². The summed E-state index contributed by atoms with van der Waals surface area (Å²) in [6, 6.07) is 19.0. The zero-order valence-electron chi connectivity index (χ0n) is 14.3. The first-order valence-electron chi connectivity index (χ1n) is 7.91. The topological polar surface area (TPSA) is 42.5 Å². The molecule has 0 radical (unpaired) electrons. The van der Waals surface area contributed by atoms with Crippen molar-refractivity contribution in [2.45, 2.75) is 0 Å². The first-order valence-corrected chi connectivity index (χ1v) is 8.67. The summed E-state index contributed by atoms with van der Waals surface area (Å²) in [5.74, 6) is 1.22. The molecular formula is C20H18Cl2N2O2. The Labute approximate surface area is 162 Å². The molecule has 4 nitrogen and oxygen atoms in total. The second-order valence-corrected chi connectivity index (χ2v) is 6.28. The predicted molar refractivity (Wildman–Crippen MR) is 109 cm³/mol. The third-order valence-electron chi connectivity index (χ3n) is 3.79. The van der Waals surface area contributed by atoms with Crippen LogP contribution in [-0.4, -0.2) is 14.2 Å². The van der Waals surface area contributed by atoms with Gasteiger partial charge in [-0.1, -0.05) is 35.3 Å². The molecule has 0 heterocycles. The maximum Gasteiger partial charge on any atom is 0.160 e. The number of rotatable bonds is 6. The zero-order valence-corrected chi connectivity index (χ0v) is 15.9. The molecule has 2 N–H and O–H groups in total. The molecule has 0 aliphatic carbocycles. The number of methoxy groups -OCH3 is 2. The van der Waals surface area contributed by atoms with E-state index in [-0.39, 0.29) is 0 Å². The second kappa shape index (κ2) is 8.21. The maximum absolute atomic E-state index is 6.15. The molecule has 0 bridgehead atoms. The summed E-state index contributed by atoms with van der Waals surface area (Å²) in [4.78, 5) is 0. The lowest BCUT2D eigenvalue weighted by molar-refractivity contribution is 0.417. The Kier molecular flexibility index (Phi) is 5.76. The molecular weight excluding hydrogens is 371 g/mol. The molecule has 0 aliphatic rings. The average molecular weight is 389 g/mol. The average Bonchev–Trinajstić information content (AvgIpc) is 2.64. The summed E-state index contributed by atoms with van der Waals surface area (Å²) in [5.41, 5.74) is 3.43. The molecule has 26 heavy (non-hydrogen) atoms. The van der Waals surface area contributed by atoms with Gasteiger partial charge in [0.15, 0.2) is 11.5 Å². The van der Waals surface area contributed by atoms with Gasteiger partial charge in [0.2, 0.25) is 0 Å². The van der Waals surface area contributed by atoms with Gasteiger partial charge in [0, 0.05) is 11.4 Å². The molecule has 6 heteroatoms. The summed E-state index contributed by atoms with van der Waals surface area (Å²) in [7, 11) is 3.19. The monoisotopic (exact) mass is 388 g/mol. The van der Waals surface area contributed by atoms with Gasteiger partial charge in [-0.15, -0.1) is 0 Å². The molecule has 0 aromatic heterocycles. The summed E-state index contributed by atoms with van der Waals surface area (Å²) in [6.45, 7) is 0. The maximum atomic E-state index is 6.15. The molecule has 0 saturated carbocycles. The van der Waals surface area contributed by atoms with Crippen LogP contribution in [-0.2, 0) is 0 Å². The second-order valence-electron chi connectivity index (χ2n) is 5.47. The van der Waals surface area contributed by atoms with E-state index >= 15 is 0 Å². The highest BCUT2D eigenvalue weighted by Gasteiger charge is 2.09. The van der Waals surface area contributed by atoms with Crippen molar-refractivity contribution in [3.05, 3.63) is 70.7 Å². The molecule has 3 aromatic carbocycles. The van der Waals surface area contributed by atoms with Crippen molar-refractivity contribution >= 4 is 46.0 Å². The molecule has 134 valence electrons. The molecule has 0 amide bonds. The third-order valence-corrected chi connectivity index (χ3v) is 4.38. The summed E-state index contributed by atoms with van der Waals surface area (Å²) in [5, 5.41) is 7.73. The summed E-state index contributed by atoms with van der Waals surface area (Å²) >= 11 is 12.3. The highest BCUT2D eigenvalue weighted by molar-refractivity contribution is 6.32. The Morgan fingerprint density at radius 3 is 1.35 bits per heavy atom. The van der Waals surface area contributed by atoms with Gasteiger partial charge in [-0.3, -0.25) is 0 Å². The number of hydrogen-bond donors (Lipinski definition) is 2. The van der Waals surface area contributed by atoms with Crippen LogP contribution < -0.4 is 20.1 Å². The van der Waals surface area contributed by atoms with Crippen LogP contribution in [0.2, 0.25) is 10.0 Å². The standard InChI is InChI=1S/C20H18Cl2N2O2/c1-25-19-15(21)5-3-7-17(19)23-13-9-11-14(12-10-13)24-18-8-4-6-16(22)20(18)26-2/h3-12,23-24H,1-2H3. The Morgan fingerprint density at radius 1 is 0.615 bits per heavy atom. The van der Waals surface area contributed by atoms with E-state index in [2.05, 4.69) is 10.6 Å². The van der Waals surface area contributed by atoms with E-state index in [4.69, 9.17) is 32.7 Å². The number of halogens is 2. The fourth-order valence-electron chi connectivity index (χ4n) is 2.58. The number of benzene rings is 3. The molecule has 0 fully saturated rings. The van der Waals surface area contributed by atoms with E-state index in [0.29, 0.717) is 21.5 Å². The Hall–Kier alpha value is -2.56. The quantitative estimate of drug-likeness (QED) is 0.505. The molecule has 0 spiro atoms. The third kappa shape index (κ3) is 3.98. The number of anilines is 4. The minimum absolute atomic E-state index is 0.559. The van der Waals surface area contributed by atoms with Crippen molar-refractivity contribution in [2.24, 2.45) is 0 Å². The van der Waals surface area contributed by atoms with Crippen molar-refractivity contribution in [3.63, 3.8) is 0 Å². The van der Waals surface area contributed by atoms with E-state index in [1.54, 1.807) is 26.4 Å². The number of para-hydroxylation sites is 2. The van der Waals surface area contributed by atoms with Crippen LogP contribution >= 0.6 is 23.2 Å². The number of ether oxygens (including phenoxy) is 2. The van der Waals surface area contributed by atoms with Crippen LogP contribution in [0, 0.1) is 0 Å². The minimum atomic E-state index is 0.559. The molecule has 0 aliphatic heterocycles. The van der Waals surface area contributed by atoms with Crippen molar-refractivity contribution in [3.8, 4) is 11.5 Å². The van der Waals surface area contributed by atoms with Gasteiger partial charge in [0.1, 0.15) is 0 Å². The molecule has 0 saturated heterocycles. The van der Waals surface area contributed by atoms with E-state index < -0.39 is 0 Å². The highest BCUT2D eigenvalue weighted by atomic mass is 35.5. The molecule has 0 atom stereocenters. The molecule has 3 aromatic rings. The van der Waals surface area contributed by atoms with E-state index in [1.807, 2.05) is 48.5 Å². The van der Waals surface area contributed by atoms with Crippen LogP contribution in [0.1, 0.15) is 0 Å². The lowest BCUT2D eigenvalue weighted by atomic mass is 10.2. The van der Waals surface area contributed by atoms with Crippen molar-refractivity contribution in [2.75, 3.05) is 24.9 Å². The molecule has 3 rings (SSSR count).